The summed E-state index contributed by atoms with van der Waals surface area (Å²) < 4.78 is 5.34. The maximum Gasteiger partial charge on any atom is 0.0920 e. The molecule has 3 aliphatic rings. The van der Waals surface area contributed by atoms with Gasteiger partial charge >= 0.3 is 0 Å². The number of allylic oxidation sites excluding steroid dienone is 1. The quantitative estimate of drug-likeness (QED) is 0.710. The van der Waals surface area contributed by atoms with E-state index in [1.807, 2.05) is 7.11 Å². The Labute approximate surface area is 150 Å². The van der Waals surface area contributed by atoms with Gasteiger partial charge in [0.25, 0.3) is 0 Å². The molecule has 0 aromatic carbocycles. The molecule has 0 amide bonds. The van der Waals surface area contributed by atoms with Crippen molar-refractivity contribution in [3.05, 3.63) is 25.4 Å². The summed E-state index contributed by atoms with van der Waals surface area (Å²) in [7, 11) is 4.05. The molecule has 1 saturated carbocycles. The molecule has 0 unspecified atom stereocenters. The van der Waals surface area contributed by atoms with E-state index in [4.69, 9.17) is 4.74 Å². The number of likely N-dealkylation sites (tertiary alicyclic amines) is 2. The summed E-state index contributed by atoms with van der Waals surface area (Å²) >= 11 is 0. The summed E-state index contributed by atoms with van der Waals surface area (Å²) in [5.74, 6) is 1.57. The highest BCUT2D eigenvalue weighted by molar-refractivity contribution is 5.09. The predicted octanol–water partition coefficient (Wildman–Crippen LogP) is 4.42. The van der Waals surface area contributed by atoms with Crippen LogP contribution in [0.1, 0.15) is 46.5 Å². The van der Waals surface area contributed by atoms with E-state index in [2.05, 4.69) is 57.4 Å². The number of methoxy groups -OCH3 is 1. The van der Waals surface area contributed by atoms with Crippen molar-refractivity contribution in [1.82, 2.24) is 9.80 Å². The third-order valence-electron chi connectivity index (χ3n) is 5.32. The lowest BCUT2D eigenvalue weighted by molar-refractivity contribution is -0.0358. The second-order valence-corrected chi connectivity index (χ2v) is 8.43. The van der Waals surface area contributed by atoms with Crippen LogP contribution in [-0.4, -0.2) is 56.2 Å². The molecule has 1 aliphatic carbocycles. The highest BCUT2D eigenvalue weighted by atomic mass is 16.5. The van der Waals surface area contributed by atoms with Gasteiger partial charge in [0.15, 0.2) is 0 Å². The van der Waals surface area contributed by atoms with Crippen molar-refractivity contribution in [2.24, 2.45) is 17.3 Å². The Kier molecular flexibility index (Phi) is 8.52. The van der Waals surface area contributed by atoms with Crippen molar-refractivity contribution in [2.45, 2.75) is 52.6 Å². The molecule has 3 heteroatoms. The minimum absolute atomic E-state index is 0.442. The molecule has 140 valence electrons. The van der Waals surface area contributed by atoms with Crippen LogP contribution >= 0.6 is 0 Å². The average Bonchev–Trinajstić information content (AvgIpc) is 2.47. The molecule has 2 saturated heterocycles. The number of hydrogen-bond donors (Lipinski definition) is 0. The smallest absolute Gasteiger partial charge is 0.0920 e. The molecule has 0 N–H and O–H groups in total. The molecular formula is C21H40N2O. The fourth-order valence-corrected chi connectivity index (χ4v) is 4.06. The van der Waals surface area contributed by atoms with Crippen molar-refractivity contribution < 1.29 is 4.74 Å². The molecule has 1 spiro atoms. The third kappa shape index (κ3) is 5.63. The van der Waals surface area contributed by atoms with Crippen molar-refractivity contribution in [3.8, 4) is 0 Å². The fourth-order valence-electron chi connectivity index (χ4n) is 4.06. The maximum absolute atomic E-state index is 5.34. The van der Waals surface area contributed by atoms with Crippen molar-refractivity contribution in [3.63, 3.8) is 0 Å². The van der Waals surface area contributed by atoms with Gasteiger partial charge in [0.1, 0.15) is 0 Å². The van der Waals surface area contributed by atoms with E-state index in [-0.39, 0.29) is 0 Å². The monoisotopic (exact) mass is 336 g/mol. The molecule has 2 aliphatic heterocycles. The van der Waals surface area contributed by atoms with E-state index < -0.39 is 0 Å². The zero-order valence-corrected chi connectivity index (χ0v) is 16.8. The number of rotatable bonds is 3. The Hall–Kier alpha value is -0.800. The molecule has 0 atom stereocenters. The number of nitrogens with zero attached hydrogens (tertiary/aromatic N) is 2. The minimum Gasteiger partial charge on any atom is -0.378 e. The molecule has 24 heavy (non-hydrogen) atoms. The van der Waals surface area contributed by atoms with Crippen LogP contribution < -0.4 is 0 Å². The zero-order valence-electron chi connectivity index (χ0n) is 16.8. The normalized spacial score (nSPS) is 23.5. The van der Waals surface area contributed by atoms with E-state index in [0.717, 1.165) is 24.9 Å². The van der Waals surface area contributed by atoms with Gasteiger partial charge in [0.2, 0.25) is 0 Å². The Balaban J connectivity index is 0.000000423. The molecule has 0 aromatic heterocycles. The van der Waals surface area contributed by atoms with Crippen molar-refractivity contribution >= 4 is 0 Å². The Morgan fingerprint density at radius 2 is 1.54 bits per heavy atom. The third-order valence-corrected chi connectivity index (χ3v) is 5.32. The number of ether oxygens (including phenoxy) is 1. The summed E-state index contributed by atoms with van der Waals surface area (Å²) in [6, 6.07) is 0. The van der Waals surface area contributed by atoms with E-state index in [0.29, 0.717) is 11.5 Å². The van der Waals surface area contributed by atoms with Gasteiger partial charge in [-0.3, -0.25) is 0 Å². The number of hydrogen-bond acceptors (Lipinski definition) is 3. The average molecular weight is 337 g/mol. The van der Waals surface area contributed by atoms with Crippen LogP contribution in [0, 0.1) is 17.3 Å². The Morgan fingerprint density at radius 1 is 1.08 bits per heavy atom. The van der Waals surface area contributed by atoms with Gasteiger partial charge in [-0.25, -0.2) is 0 Å². The zero-order chi connectivity index (χ0) is 18.3. The fraction of sp³-hybridized carbons (Fsp3) is 0.810. The van der Waals surface area contributed by atoms with Gasteiger partial charge in [-0.15, -0.1) is 13.2 Å². The van der Waals surface area contributed by atoms with Gasteiger partial charge in [0.05, 0.1) is 6.10 Å². The topological polar surface area (TPSA) is 15.7 Å². The molecule has 0 bridgehead atoms. The van der Waals surface area contributed by atoms with Crippen LogP contribution in [0.25, 0.3) is 0 Å². The van der Waals surface area contributed by atoms with Crippen LogP contribution in [0.4, 0.5) is 0 Å². The van der Waals surface area contributed by atoms with Crippen LogP contribution in [0.5, 0.6) is 0 Å². The highest BCUT2D eigenvalue weighted by Gasteiger charge is 2.44. The largest absolute Gasteiger partial charge is 0.378 e. The van der Waals surface area contributed by atoms with E-state index in [9.17, 15) is 0 Å². The van der Waals surface area contributed by atoms with Crippen LogP contribution in [0.15, 0.2) is 25.4 Å². The Bertz CT molecular complexity index is 369. The van der Waals surface area contributed by atoms with Gasteiger partial charge < -0.3 is 14.5 Å². The summed E-state index contributed by atoms with van der Waals surface area (Å²) in [6.45, 7) is 21.6. The minimum atomic E-state index is 0.442. The first-order chi connectivity index (χ1) is 11.3. The first-order valence-corrected chi connectivity index (χ1v) is 9.50. The van der Waals surface area contributed by atoms with Gasteiger partial charge in [-0.2, -0.15) is 0 Å². The van der Waals surface area contributed by atoms with Crippen molar-refractivity contribution in [2.75, 3.05) is 40.3 Å². The van der Waals surface area contributed by atoms with E-state index in [1.165, 1.54) is 44.5 Å². The van der Waals surface area contributed by atoms with E-state index >= 15 is 0 Å². The predicted molar refractivity (Wildman–Crippen MR) is 105 cm³/mol. The first-order valence-electron chi connectivity index (χ1n) is 9.50. The summed E-state index contributed by atoms with van der Waals surface area (Å²) in [5, 5.41) is 0. The summed E-state index contributed by atoms with van der Waals surface area (Å²) in [5.41, 5.74) is 2.06. The van der Waals surface area contributed by atoms with Gasteiger partial charge in [-0.1, -0.05) is 27.4 Å². The lowest BCUT2D eigenvalue weighted by Crippen LogP contribution is -2.56. The molecule has 0 radical (unpaired) electrons. The second-order valence-electron chi connectivity index (χ2n) is 8.43. The Morgan fingerprint density at radius 3 is 1.92 bits per heavy atom. The summed E-state index contributed by atoms with van der Waals surface area (Å²) in [4.78, 5) is 4.87. The lowest BCUT2D eigenvalue weighted by Gasteiger charge is -2.53. The standard InChI is InChI=1S/C15H26N2O.C4H10.C2H4/c1-12(17-8-14(9-17)18-3)13-4-6-15(7-5-13)10-16(2)11-15;1-4(2)3;1-2/h13-14H,1,4-11H2,2-3H3;4H,1-3H3;1-2H2. The lowest BCUT2D eigenvalue weighted by atomic mass is 9.65. The van der Waals surface area contributed by atoms with Crippen molar-refractivity contribution in [1.29, 1.82) is 0 Å². The van der Waals surface area contributed by atoms with Crippen LogP contribution in [-0.2, 0) is 4.74 Å². The van der Waals surface area contributed by atoms with Gasteiger partial charge in [0, 0.05) is 39.0 Å². The van der Waals surface area contributed by atoms with E-state index in [1.54, 1.807) is 0 Å². The SMILES string of the molecule is C=C.C=C(C1CCC2(CC1)CN(C)C2)N1CC(OC)C1.CC(C)C. The molecule has 2 heterocycles. The molecular weight excluding hydrogens is 296 g/mol. The van der Waals surface area contributed by atoms with Crippen LogP contribution in [0.2, 0.25) is 0 Å². The second kappa shape index (κ2) is 9.62. The first kappa shape index (κ1) is 21.2. The highest BCUT2D eigenvalue weighted by Crippen LogP contribution is 2.47. The van der Waals surface area contributed by atoms with Crippen LogP contribution in [0.3, 0.4) is 0 Å². The molecule has 3 nitrogen and oxygen atoms in total. The molecule has 3 fully saturated rings. The summed E-state index contributed by atoms with van der Waals surface area (Å²) in [6.07, 6.45) is 5.95. The van der Waals surface area contributed by atoms with Gasteiger partial charge in [-0.05, 0) is 50.0 Å². The molecule has 0 aromatic rings. The molecule has 3 rings (SSSR count). The maximum atomic E-state index is 5.34.